The van der Waals surface area contributed by atoms with Gasteiger partial charge in [0.25, 0.3) is 0 Å². The smallest absolute Gasteiger partial charge is 0.303 e. The first-order valence-electron chi connectivity index (χ1n) is 18.1. The maximum atomic E-state index is 10.5. The summed E-state index contributed by atoms with van der Waals surface area (Å²) >= 11 is 0. The van der Waals surface area contributed by atoms with Crippen molar-refractivity contribution in [1.29, 1.82) is 0 Å². The lowest BCUT2D eigenvalue weighted by atomic mass is 10.0. The van der Waals surface area contributed by atoms with Crippen LogP contribution < -0.4 is 5.32 Å². The molecule has 0 bridgehead atoms. The average Bonchev–Trinajstić information content (AvgIpc) is 3.07. The number of rotatable bonds is 43. The van der Waals surface area contributed by atoms with E-state index < -0.39 is 5.97 Å². The monoisotopic (exact) mass is 687 g/mol. The summed E-state index contributed by atoms with van der Waals surface area (Å²) in [5, 5.41) is 56.4. The lowest BCUT2D eigenvalue weighted by molar-refractivity contribution is -0.862. The molecule has 47 heavy (non-hydrogen) atoms. The van der Waals surface area contributed by atoms with Gasteiger partial charge in [-0.2, -0.15) is 0 Å². The van der Waals surface area contributed by atoms with Crippen molar-refractivity contribution in [3.8, 4) is 0 Å². The Morgan fingerprint density at radius 3 is 1.04 bits per heavy atom. The van der Waals surface area contributed by atoms with E-state index >= 15 is 0 Å². The van der Waals surface area contributed by atoms with Crippen LogP contribution in [0.4, 0.5) is 0 Å². The molecule has 0 aromatic rings. The minimum Gasteiger partial charge on any atom is -0.481 e. The van der Waals surface area contributed by atoms with Crippen molar-refractivity contribution in [1.82, 2.24) is 5.32 Å². The summed E-state index contributed by atoms with van der Waals surface area (Å²) in [6.45, 7) is 2.45. The highest BCUT2D eigenvalue weighted by Gasteiger charge is 2.00. The lowest BCUT2D eigenvalue weighted by Gasteiger charge is -2.05. The van der Waals surface area contributed by atoms with E-state index in [1.807, 2.05) is 0 Å². The Morgan fingerprint density at radius 2 is 0.681 bits per heavy atom. The fourth-order valence-electron chi connectivity index (χ4n) is 5.27. The van der Waals surface area contributed by atoms with Crippen LogP contribution in [0.2, 0.25) is 0 Å². The Kier molecular flexibility index (Phi) is 42.0. The number of nitrogens with one attached hydrogen (secondary N) is 1. The summed E-state index contributed by atoms with van der Waals surface area (Å²) in [4.78, 5) is 15.2. The minimum atomic E-state index is -0.684. The molecule has 15 heteroatoms. The molecule has 0 heterocycles. The third-order valence-electron chi connectivity index (χ3n) is 7.88. The lowest BCUT2D eigenvalue weighted by Crippen LogP contribution is -2.16. The van der Waals surface area contributed by atoms with Crippen molar-refractivity contribution in [2.75, 3.05) is 19.7 Å². The van der Waals surface area contributed by atoms with Gasteiger partial charge < -0.3 is 10.4 Å². The van der Waals surface area contributed by atoms with E-state index in [1.54, 1.807) is 0 Å². The van der Waals surface area contributed by atoms with Gasteiger partial charge in [0.15, 0.2) is 0 Å². The van der Waals surface area contributed by atoms with Gasteiger partial charge in [-0.3, -0.25) is 4.79 Å². The number of unbranched alkanes of at least 4 members (excludes halogenated alkanes) is 25. The number of carboxylic acids is 1. The van der Waals surface area contributed by atoms with Crippen molar-refractivity contribution < 1.29 is 70.4 Å². The van der Waals surface area contributed by atoms with Crippen molar-refractivity contribution in [2.45, 2.75) is 180 Å². The number of carboxylic acid groups (broad SMARTS) is 1. The molecular weight excluding hydrogens is 622 g/mol. The largest absolute Gasteiger partial charge is 0.481 e. The van der Waals surface area contributed by atoms with E-state index in [0.717, 1.165) is 51.6 Å². The molecule has 3 N–H and O–H groups in total. The summed E-state index contributed by atoms with van der Waals surface area (Å²) in [7, 11) is 0. The van der Waals surface area contributed by atoms with Crippen LogP contribution in [0.5, 0.6) is 0 Å². The van der Waals surface area contributed by atoms with Gasteiger partial charge in [0.2, 0.25) is 0 Å². The molecule has 15 nitrogen and oxygen atoms in total. The second kappa shape index (κ2) is 43.0. The van der Waals surface area contributed by atoms with Gasteiger partial charge in [0, 0.05) is 6.42 Å². The first-order valence-corrected chi connectivity index (χ1v) is 18.1. The predicted molar refractivity (Wildman–Crippen MR) is 169 cm³/mol. The second-order valence-corrected chi connectivity index (χ2v) is 11.9. The first-order chi connectivity index (χ1) is 23.3. The molecule has 0 saturated heterocycles. The molecule has 0 aromatic carbocycles. The van der Waals surface area contributed by atoms with Gasteiger partial charge in [0.05, 0.1) is 6.61 Å². The molecule has 0 fully saturated rings. The van der Waals surface area contributed by atoms with Gasteiger partial charge in [0.1, 0.15) is 0 Å². The Bertz CT molecular complexity index is 594. The molecular formula is C32H65NO14. The fraction of sp³-hybridized carbons (Fsp3) is 0.969. The third kappa shape index (κ3) is 44.9. The molecule has 0 atom stereocenters. The zero-order valence-corrected chi connectivity index (χ0v) is 28.7. The Labute approximate surface area is 281 Å². The van der Waals surface area contributed by atoms with E-state index in [2.05, 4.69) is 55.7 Å². The topological polar surface area (TPSA) is 171 Å². The molecule has 0 saturated carbocycles. The van der Waals surface area contributed by atoms with Crippen LogP contribution in [0.1, 0.15) is 180 Å². The normalized spacial score (nSPS) is 11.5. The van der Waals surface area contributed by atoms with Gasteiger partial charge in [-0.15, -0.1) is 0 Å². The van der Waals surface area contributed by atoms with Gasteiger partial charge >= 0.3 is 5.97 Å². The minimum absolute atomic E-state index is 0.302. The van der Waals surface area contributed by atoms with Crippen LogP contribution in [0, 0.1) is 0 Å². The van der Waals surface area contributed by atoms with Crippen molar-refractivity contribution in [3.05, 3.63) is 0 Å². The van der Waals surface area contributed by atoms with E-state index in [4.69, 9.17) is 15.3 Å². The molecule has 0 amide bonds. The maximum absolute atomic E-state index is 10.5. The summed E-state index contributed by atoms with van der Waals surface area (Å²) in [6.07, 6.45) is 34.9. The van der Waals surface area contributed by atoms with Crippen LogP contribution in [0.15, 0.2) is 0 Å². The van der Waals surface area contributed by atoms with E-state index in [1.165, 1.54) is 135 Å². The van der Waals surface area contributed by atoms with Crippen molar-refractivity contribution in [3.63, 3.8) is 0 Å². The summed E-state index contributed by atoms with van der Waals surface area (Å²) in [5.74, 6) is -0.684. The number of hydrogen-bond donors (Lipinski definition) is 3. The van der Waals surface area contributed by atoms with Crippen LogP contribution in [-0.2, 0) is 60.1 Å². The van der Waals surface area contributed by atoms with Gasteiger partial charge in [-0.25, -0.2) is 10.1 Å². The highest BCUT2D eigenvalue weighted by atomic mass is 18.0. The molecule has 0 spiro atoms. The summed E-state index contributed by atoms with van der Waals surface area (Å²) < 4.78 is 0. The number of aliphatic carboxylic acids is 1. The van der Waals surface area contributed by atoms with Gasteiger partial charge in [-0.05, 0) is 89.2 Å². The molecule has 0 aliphatic rings. The molecule has 0 aromatic heterocycles. The highest BCUT2D eigenvalue weighted by molar-refractivity contribution is 5.66. The molecule has 0 rings (SSSR count). The van der Waals surface area contributed by atoms with Crippen LogP contribution in [0.3, 0.4) is 0 Å². The predicted octanol–water partition coefficient (Wildman–Crippen LogP) is 9.39. The Morgan fingerprint density at radius 1 is 0.383 bits per heavy atom. The van der Waals surface area contributed by atoms with Crippen molar-refractivity contribution in [2.24, 2.45) is 0 Å². The van der Waals surface area contributed by atoms with Gasteiger partial charge in [-0.1, -0.05) is 148 Å². The molecule has 0 radical (unpaired) electrons. The Balaban J connectivity index is 3.04. The number of hydrogen-bond acceptors (Lipinski definition) is 14. The summed E-state index contributed by atoms with van der Waals surface area (Å²) in [5.41, 5.74) is 0. The second-order valence-electron chi connectivity index (χ2n) is 11.9. The van der Waals surface area contributed by atoms with E-state index in [0.29, 0.717) is 13.0 Å². The zero-order chi connectivity index (χ0) is 34.0. The van der Waals surface area contributed by atoms with Crippen LogP contribution >= 0.6 is 0 Å². The van der Waals surface area contributed by atoms with Crippen molar-refractivity contribution >= 4 is 5.97 Å². The first kappa shape index (κ1) is 46.0. The molecule has 282 valence electrons. The zero-order valence-electron chi connectivity index (χ0n) is 28.7. The van der Waals surface area contributed by atoms with Crippen LogP contribution in [0.25, 0.3) is 0 Å². The Hall–Kier alpha value is -1.05. The number of carbonyl (C=O) groups is 1. The molecule has 0 aliphatic heterocycles. The van der Waals surface area contributed by atoms with E-state index in [-0.39, 0.29) is 0 Å². The quantitative estimate of drug-likeness (QED) is 0.0314. The highest BCUT2D eigenvalue weighted by Crippen LogP contribution is 2.15. The third-order valence-corrected chi connectivity index (χ3v) is 7.88. The SMILES string of the molecule is O=C(O)CCCCCNCCCCCCCCCCCCCCCCCCCCCCCCCCOOOOOOOOOOOO. The fourth-order valence-corrected chi connectivity index (χ4v) is 5.27. The molecule has 0 unspecified atom stereocenters. The average molecular weight is 688 g/mol. The maximum Gasteiger partial charge on any atom is 0.303 e. The van der Waals surface area contributed by atoms with Crippen LogP contribution in [-0.4, -0.2) is 36.0 Å². The standard InChI is InChI=1S/C32H65NO14/c34-32(35)28-24-23-26-30-33-29-25-21-19-17-15-13-11-9-7-5-3-1-2-4-6-8-10-12-14-16-18-20-22-27-31-37-39-41-43-45-47-46-44-42-40-38-36/h33,36H,1-31H2,(H,34,35). The van der Waals surface area contributed by atoms with E-state index in [9.17, 15) is 4.79 Å². The molecule has 0 aliphatic carbocycles. The summed E-state index contributed by atoms with van der Waals surface area (Å²) in [6, 6.07) is 0.